The third-order valence-corrected chi connectivity index (χ3v) is 19.2. The van der Waals surface area contributed by atoms with Crippen LogP contribution in [-0.4, -0.2) is 67.8 Å². The number of aliphatic hydroxyl groups is 1. The Bertz CT molecular complexity index is 1330. The quantitative estimate of drug-likeness (QED) is 0.0288. The molecule has 4 aliphatic carbocycles. The van der Waals surface area contributed by atoms with E-state index in [0.717, 1.165) is 138 Å². The van der Waals surface area contributed by atoms with Gasteiger partial charge >= 0.3 is 5.97 Å². The van der Waals surface area contributed by atoms with Crippen molar-refractivity contribution in [3.8, 4) is 0 Å². The maximum absolute atomic E-state index is 12.6. The van der Waals surface area contributed by atoms with Gasteiger partial charge in [0.05, 0.1) is 6.10 Å². The molecule has 6 heteroatoms. The first-order chi connectivity index (χ1) is 33.4. The molecule has 0 amide bonds. The summed E-state index contributed by atoms with van der Waals surface area (Å²) in [5, 5.41) is 9.10. The molecule has 0 saturated heterocycles. The van der Waals surface area contributed by atoms with Crippen molar-refractivity contribution in [3.05, 3.63) is 11.6 Å². The zero-order chi connectivity index (χ0) is 50.3. The molecule has 404 valence electrons. The van der Waals surface area contributed by atoms with Crippen molar-refractivity contribution in [1.82, 2.24) is 4.90 Å². The second-order valence-electron chi connectivity index (χ2n) is 24.5. The number of ether oxygens (including phenoxy) is 2. The lowest BCUT2D eigenvalue weighted by atomic mass is 9.47. The highest BCUT2D eigenvalue weighted by Gasteiger charge is 2.59. The van der Waals surface area contributed by atoms with Gasteiger partial charge in [-0.15, -0.1) is 0 Å². The number of carbonyl (C=O) groups excluding carboxylic acids is 2. The van der Waals surface area contributed by atoms with Crippen LogP contribution in [0, 0.1) is 52.3 Å². The van der Waals surface area contributed by atoms with Crippen LogP contribution in [0.2, 0.25) is 0 Å². The Morgan fingerprint density at radius 3 is 1.91 bits per heavy atom. The third kappa shape index (κ3) is 22.0. The highest BCUT2D eigenvalue weighted by Crippen LogP contribution is 2.67. The Kier molecular flexibility index (Phi) is 32.2. The molecule has 4 rings (SSSR count). The Morgan fingerprint density at radius 1 is 0.710 bits per heavy atom. The van der Waals surface area contributed by atoms with Crippen molar-refractivity contribution in [2.75, 3.05) is 33.4 Å². The molecule has 1 N–H and O–H groups in total. The summed E-state index contributed by atoms with van der Waals surface area (Å²) in [6.07, 6.45) is 46.5. The van der Waals surface area contributed by atoms with Crippen molar-refractivity contribution < 1.29 is 24.2 Å². The topological polar surface area (TPSA) is 76.1 Å². The molecule has 0 radical (unpaired) electrons. The number of aldehydes is 1. The summed E-state index contributed by atoms with van der Waals surface area (Å²) >= 11 is 0. The number of allylic oxidation sites excluding steroid dienone is 1. The lowest BCUT2D eigenvalue weighted by Crippen LogP contribution is -2.51. The Balaban J connectivity index is 0.000000375. The molecule has 0 aromatic rings. The van der Waals surface area contributed by atoms with E-state index < -0.39 is 0 Å². The summed E-state index contributed by atoms with van der Waals surface area (Å²) in [7, 11) is 1.91. The minimum atomic E-state index is 0.0120. The average Bonchev–Trinajstić information content (AvgIpc) is 3.70. The molecule has 0 bridgehead atoms. The number of methoxy groups -OCH3 is 1. The number of hydrogen-bond donors (Lipinski definition) is 1. The summed E-state index contributed by atoms with van der Waals surface area (Å²) < 4.78 is 11.7. The number of fused-ring (bicyclic) bond motifs is 5. The molecule has 0 heterocycles. The molecule has 0 aliphatic heterocycles. The lowest BCUT2D eigenvalue weighted by Gasteiger charge is -2.58. The molecular weight excluding hydrogens is 851 g/mol. The van der Waals surface area contributed by atoms with Crippen LogP contribution in [0.15, 0.2) is 11.6 Å². The van der Waals surface area contributed by atoms with Gasteiger partial charge in [0, 0.05) is 26.6 Å². The summed E-state index contributed by atoms with van der Waals surface area (Å²) in [6, 6.07) is 0. The van der Waals surface area contributed by atoms with Gasteiger partial charge in [0.15, 0.2) is 0 Å². The second kappa shape index (κ2) is 35.8. The van der Waals surface area contributed by atoms with Crippen LogP contribution >= 0.6 is 0 Å². The fourth-order valence-corrected chi connectivity index (χ4v) is 14.2. The summed E-state index contributed by atoms with van der Waals surface area (Å²) in [4.78, 5) is 25.6. The molecular formula is C63H117NO5. The van der Waals surface area contributed by atoms with Crippen LogP contribution in [0.5, 0.6) is 0 Å². The van der Waals surface area contributed by atoms with E-state index in [-0.39, 0.29) is 18.7 Å². The van der Waals surface area contributed by atoms with Crippen molar-refractivity contribution in [2.24, 2.45) is 52.3 Å². The molecule has 9 unspecified atom stereocenters. The minimum Gasteiger partial charge on any atom is -0.462 e. The molecule has 9 atom stereocenters. The van der Waals surface area contributed by atoms with Crippen molar-refractivity contribution in [2.45, 2.75) is 292 Å². The van der Waals surface area contributed by atoms with Crippen LogP contribution < -0.4 is 0 Å². The van der Waals surface area contributed by atoms with Gasteiger partial charge in [0.1, 0.15) is 12.4 Å². The van der Waals surface area contributed by atoms with Crippen molar-refractivity contribution in [3.63, 3.8) is 0 Å². The molecule has 0 spiro atoms. The van der Waals surface area contributed by atoms with Crippen molar-refractivity contribution >= 4 is 12.3 Å². The summed E-state index contributed by atoms with van der Waals surface area (Å²) in [5.74, 6) is 6.44. The van der Waals surface area contributed by atoms with Gasteiger partial charge in [-0.2, -0.15) is 0 Å². The van der Waals surface area contributed by atoms with E-state index in [2.05, 4.69) is 66.4 Å². The predicted molar refractivity (Wildman–Crippen MR) is 295 cm³/mol. The molecule has 3 fully saturated rings. The van der Waals surface area contributed by atoms with Gasteiger partial charge < -0.3 is 24.3 Å². The second-order valence-corrected chi connectivity index (χ2v) is 24.5. The molecule has 3 saturated carbocycles. The average molecular weight is 969 g/mol. The van der Waals surface area contributed by atoms with Crippen LogP contribution in [0.3, 0.4) is 0 Å². The molecule has 0 aromatic heterocycles. The van der Waals surface area contributed by atoms with Gasteiger partial charge in [-0.05, 0) is 187 Å². The van der Waals surface area contributed by atoms with Crippen LogP contribution in [-0.2, 0) is 19.1 Å². The highest BCUT2D eigenvalue weighted by atomic mass is 16.5. The molecule has 69 heavy (non-hydrogen) atoms. The van der Waals surface area contributed by atoms with Gasteiger partial charge in [-0.3, -0.25) is 4.79 Å². The predicted octanol–water partition coefficient (Wildman–Crippen LogP) is 17.5. The van der Waals surface area contributed by atoms with E-state index >= 15 is 0 Å². The van der Waals surface area contributed by atoms with E-state index in [1.165, 1.54) is 141 Å². The largest absolute Gasteiger partial charge is 0.462 e. The number of hydrogen-bond acceptors (Lipinski definition) is 6. The number of esters is 1. The molecule has 0 aromatic carbocycles. The monoisotopic (exact) mass is 968 g/mol. The van der Waals surface area contributed by atoms with Gasteiger partial charge in [-0.1, -0.05) is 163 Å². The Hall–Kier alpha value is -1.24. The van der Waals surface area contributed by atoms with E-state index in [1.54, 1.807) is 5.57 Å². The number of rotatable bonds is 38. The van der Waals surface area contributed by atoms with Gasteiger partial charge in [0.2, 0.25) is 0 Å². The van der Waals surface area contributed by atoms with Gasteiger partial charge in [-0.25, -0.2) is 0 Å². The SMILES string of the molecule is CCCCCCCCC(CCCCCCCC)OC(=O)CCCCCCN(CCCCO)CCCCCC=O.COC1CCC2(C)C(=CCC3C2CCC2(C)C(C(C)CCC(C)C(C)C)CCC32)C1. The summed E-state index contributed by atoms with van der Waals surface area (Å²) in [5.41, 5.74) is 2.83. The fourth-order valence-electron chi connectivity index (χ4n) is 14.2. The van der Waals surface area contributed by atoms with Crippen LogP contribution in [0.4, 0.5) is 0 Å². The lowest BCUT2D eigenvalue weighted by molar-refractivity contribution is -0.150. The van der Waals surface area contributed by atoms with Gasteiger partial charge in [0.25, 0.3) is 0 Å². The Morgan fingerprint density at radius 2 is 1.30 bits per heavy atom. The van der Waals surface area contributed by atoms with Crippen LogP contribution in [0.25, 0.3) is 0 Å². The maximum Gasteiger partial charge on any atom is 0.306 e. The number of aliphatic hydroxyl groups excluding tert-OH is 1. The smallest absolute Gasteiger partial charge is 0.306 e. The molecule has 4 aliphatic rings. The minimum absolute atomic E-state index is 0.0120. The number of nitrogens with zero attached hydrogens (tertiary/aromatic N) is 1. The zero-order valence-electron chi connectivity index (χ0n) is 47.5. The fraction of sp³-hybridized carbons (Fsp3) is 0.937. The van der Waals surface area contributed by atoms with E-state index in [4.69, 9.17) is 14.6 Å². The number of carbonyl (C=O) groups is 2. The van der Waals surface area contributed by atoms with E-state index in [0.29, 0.717) is 29.8 Å². The normalized spacial score (nSPS) is 26.2. The first-order valence-corrected chi connectivity index (χ1v) is 30.6. The Labute approximate surface area is 429 Å². The highest BCUT2D eigenvalue weighted by molar-refractivity contribution is 5.69. The molecule has 6 nitrogen and oxygen atoms in total. The van der Waals surface area contributed by atoms with Crippen LogP contribution in [0.1, 0.15) is 280 Å². The van der Waals surface area contributed by atoms with Crippen molar-refractivity contribution in [1.29, 1.82) is 0 Å². The first kappa shape index (κ1) is 62.1. The standard InChI is InChI=1S/C34H67NO4.C29H50O/c1-3-5-7-9-11-17-25-33(26-18-12-10-8-6-4-2)39-34(38)27-19-13-14-20-28-35(30-22-24-32-37)29-21-15-16-23-31-36;1-19(2)20(3)8-9-21(4)25-12-13-26-24-11-10-22-18-23(30-7)14-16-28(22,5)27(24)15-17-29(25,26)6/h31,33,37H,3-30,32H2,1-2H3;10,19-21,23-27H,8-9,11-18H2,1-7H3. The zero-order valence-corrected chi connectivity index (χ0v) is 47.5. The van der Waals surface area contributed by atoms with E-state index in [1.807, 2.05) is 7.11 Å². The van der Waals surface area contributed by atoms with E-state index in [9.17, 15) is 9.59 Å². The third-order valence-electron chi connectivity index (χ3n) is 19.2. The summed E-state index contributed by atoms with van der Waals surface area (Å²) in [6.45, 7) is 23.2. The maximum atomic E-state index is 12.6. The number of unbranched alkanes of at least 4 members (excludes halogenated alkanes) is 17. The first-order valence-electron chi connectivity index (χ1n) is 30.6.